The predicted octanol–water partition coefficient (Wildman–Crippen LogP) is 4.01. The zero-order chi connectivity index (χ0) is 22.6. The molecule has 7 nitrogen and oxygen atoms in total. The Balaban J connectivity index is 1.62. The minimum atomic E-state index is -4.01. The minimum absolute atomic E-state index is 0.169. The molecule has 3 aromatic carbocycles. The fourth-order valence-electron chi connectivity index (χ4n) is 2.41. The van der Waals surface area contributed by atoms with Crippen molar-refractivity contribution in [2.75, 3.05) is 4.72 Å². The fourth-order valence-corrected chi connectivity index (χ4v) is 3.86. The first-order valence-electron chi connectivity index (χ1n) is 8.60. The monoisotopic (exact) mass is 481 g/mol. The first-order valence-corrected chi connectivity index (χ1v) is 10.8. The lowest BCUT2D eigenvalue weighted by molar-refractivity contribution is 0.0846. The number of carbonyl (C=O) groups is 2. The van der Waals surface area contributed by atoms with Gasteiger partial charge in [0.1, 0.15) is 5.82 Å². The summed E-state index contributed by atoms with van der Waals surface area (Å²) in [5.41, 5.74) is 5.16. The Bertz CT molecular complexity index is 1230. The van der Waals surface area contributed by atoms with Gasteiger partial charge in [-0.1, -0.05) is 23.2 Å². The molecule has 0 unspecified atom stereocenters. The zero-order valence-corrected chi connectivity index (χ0v) is 17.9. The van der Waals surface area contributed by atoms with Gasteiger partial charge in [0.2, 0.25) is 0 Å². The third-order valence-corrected chi connectivity index (χ3v) is 5.92. The summed E-state index contributed by atoms with van der Waals surface area (Å²) < 4.78 is 40.3. The van der Waals surface area contributed by atoms with Gasteiger partial charge < -0.3 is 0 Å². The molecule has 11 heteroatoms. The van der Waals surface area contributed by atoms with Gasteiger partial charge in [-0.2, -0.15) is 0 Å². The van der Waals surface area contributed by atoms with Crippen molar-refractivity contribution in [2.24, 2.45) is 0 Å². The van der Waals surface area contributed by atoms with Crippen LogP contribution in [0.1, 0.15) is 20.7 Å². The maximum atomic E-state index is 13.2. The quantitative estimate of drug-likeness (QED) is 0.478. The van der Waals surface area contributed by atoms with Crippen LogP contribution in [0.25, 0.3) is 0 Å². The van der Waals surface area contributed by atoms with Crippen molar-refractivity contribution in [3.63, 3.8) is 0 Å². The van der Waals surface area contributed by atoms with Gasteiger partial charge in [0.25, 0.3) is 21.8 Å². The molecule has 3 N–H and O–H groups in total. The highest BCUT2D eigenvalue weighted by molar-refractivity contribution is 7.92. The van der Waals surface area contributed by atoms with Crippen LogP contribution < -0.4 is 15.6 Å². The first kappa shape index (κ1) is 22.5. The lowest BCUT2D eigenvalue weighted by atomic mass is 10.2. The number of halogens is 3. The Morgan fingerprint density at radius 1 is 0.774 bits per heavy atom. The van der Waals surface area contributed by atoms with Crippen molar-refractivity contribution in [2.45, 2.75) is 4.90 Å². The van der Waals surface area contributed by atoms with Crippen LogP contribution in [0.5, 0.6) is 0 Å². The first-order chi connectivity index (χ1) is 14.7. The van der Waals surface area contributed by atoms with E-state index in [1.165, 1.54) is 48.5 Å². The van der Waals surface area contributed by atoms with E-state index in [1.807, 2.05) is 0 Å². The van der Waals surface area contributed by atoms with Crippen LogP contribution >= 0.6 is 23.2 Å². The second-order valence-electron chi connectivity index (χ2n) is 6.17. The second kappa shape index (κ2) is 9.34. The van der Waals surface area contributed by atoms with Crippen LogP contribution in [0.2, 0.25) is 10.0 Å². The van der Waals surface area contributed by atoms with E-state index < -0.39 is 27.7 Å². The van der Waals surface area contributed by atoms with E-state index in [1.54, 1.807) is 0 Å². The molecule has 0 saturated heterocycles. The van der Waals surface area contributed by atoms with Gasteiger partial charge in [-0.25, -0.2) is 12.8 Å². The summed E-state index contributed by atoms with van der Waals surface area (Å²) >= 11 is 11.4. The van der Waals surface area contributed by atoms with Crippen LogP contribution in [-0.4, -0.2) is 20.2 Å². The minimum Gasteiger partial charge on any atom is -0.280 e. The lowest BCUT2D eigenvalue weighted by Gasteiger charge is -2.10. The molecule has 0 aromatic heterocycles. The Labute approximate surface area is 187 Å². The highest BCUT2D eigenvalue weighted by atomic mass is 35.5. The highest BCUT2D eigenvalue weighted by Crippen LogP contribution is 2.22. The number of nitrogens with one attached hydrogen (secondary N) is 3. The Morgan fingerprint density at radius 2 is 1.29 bits per heavy atom. The molecule has 3 aromatic rings. The molecular formula is C20H14Cl2FN3O4S. The van der Waals surface area contributed by atoms with E-state index in [-0.39, 0.29) is 21.2 Å². The standard InChI is InChI=1S/C20H14Cl2FN3O4S/c21-14-5-1-12(2-6-14)19(27)24-25-20(28)13-3-7-15(8-4-13)26-31(29,30)16-9-10-18(23)17(22)11-16/h1-11,26H,(H,24,27)(H,25,28). The van der Waals surface area contributed by atoms with Crippen LogP contribution in [0, 0.1) is 5.82 Å². The van der Waals surface area contributed by atoms with Crippen LogP contribution in [0.3, 0.4) is 0 Å². The van der Waals surface area contributed by atoms with Gasteiger partial charge in [0, 0.05) is 21.8 Å². The lowest BCUT2D eigenvalue weighted by Crippen LogP contribution is -2.41. The number of sulfonamides is 1. The molecule has 0 spiro atoms. The molecule has 0 aliphatic heterocycles. The van der Waals surface area contributed by atoms with Crippen LogP contribution in [0.4, 0.5) is 10.1 Å². The summed E-state index contributed by atoms with van der Waals surface area (Å²) in [5.74, 6) is -1.88. The van der Waals surface area contributed by atoms with Gasteiger partial charge >= 0.3 is 0 Å². The number of carbonyl (C=O) groups excluding carboxylic acids is 2. The molecule has 2 amide bonds. The third kappa shape index (κ3) is 5.72. The Kier molecular flexibility index (Phi) is 6.79. The summed E-state index contributed by atoms with van der Waals surface area (Å²) in [4.78, 5) is 24.0. The third-order valence-electron chi connectivity index (χ3n) is 4.00. The van der Waals surface area contributed by atoms with Crippen molar-refractivity contribution >= 4 is 50.7 Å². The van der Waals surface area contributed by atoms with Gasteiger partial charge in [-0.05, 0) is 66.7 Å². The maximum absolute atomic E-state index is 13.2. The molecule has 0 aliphatic carbocycles. The average molecular weight is 482 g/mol. The van der Waals surface area contributed by atoms with Crippen LogP contribution in [-0.2, 0) is 10.0 Å². The van der Waals surface area contributed by atoms with Gasteiger partial charge in [0.05, 0.1) is 9.92 Å². The van der Waals surface area contributed by atoms with E-state index in [2.05, 4.69) is 15.6 Å². The Morgan fingerprint density at radius 3 is 1.81 bits per heavy atom. The molecule has 3 rings (SSSR count). The number of amides is 2. The SMILES string of the molecule is O=C(NNC(=O)c1ccc(NS(=O)(=O)c2ccc(F)c(Cl)c2)cc1)c1ccc(Cl)cc1. The van der Waals surface area contributed by atoms with Crippen molar-refractivity contribution in [1.29, 1.82) is 0 Å². The molecule has 0 atom stereocenters. The van der Waals surface area contributed by atoms with Gasteiger partial charge in [-0.3, -0.25) is 25.2 Å². The number of benzene rings is 3. The summed E-state index contributed by atoms with van der Waals surface area (Å²) in [6.45, 7) is 0. The molecule has 0 aliphatic rings. The molecule has 0 heterocycles. The van der Waals surface area contributed by atoms with E-state index in [0.29, 0.717) is 10.6 Å². The number of anilines is 1. The molecule has 0 fully saturated rings. The van der Waals surface area contributed by atoms with E-state index in [0.717, 1.165) is 18.2 Å². The van der Waals surface area contributed by atoms with Gasteiger partial charge in [0.15, 0.2) is 0 Å². The van der Waals surface area contributed by atoms with Crippen LogP contribution in [0.15, 0.2) is 71.6 Å². The number of rotatable bonds is 5. The molecule has 0 radical (unpaired) electrons. The summed E-state index contributed by atoms with van der Waals surface area (Å²) in [7, 11) is -4.01. The number of hydrogen-bond donors (Lipinski definition) is 3. The smallest absolute Gasteiger partial charge is 0.269 e. The molecule has 0 bridgehead atoms. The molecule has 31 heavy (non-hydrogen) atoms. The van der Waals surface area contributed by atoms with Crippen molar-refractivity contribution in [1.82, 2.24) is 10.9 Å². The second-order valence-corrected chi connectivity index (χ2v) is 8.70. The summed E-state index contributed by atoms with van der Waals surface area (Å²) in [6, 6.07) is 14.5. The predicted molar refractivity (Wildman–Crippen MR) is 115 cm³/mol. The van der Waals surface area contributed by atoms with Crippen molar-refractivity contribution in [3.8, 4) is 0 Å². The average Bonchev–Trinajstić information content (AvgIpc) is 2.74. The van der Waals surface area contributed by atoms with E-state index in [9.17, 15) is 22.4 Å². The summed E-state index contributed by atoms with van der Waals surface area (Å²) in [6.07, 6.45) is 0. The number of hydrogen-bond acceptors (Lipinski definition) is 4. The normalized spacial score (nSPS) is 10.9. The topological polar surface area (TPSA) is 104 Å². The van der Waals surface area contributed by atoms with Gasteiger partial charge in [-0.15, -0.1) is 0 Å². The summed E-state index contributed by atoms with van der Waals surface area (Å²) in [5, 5.41) is 0.148. The molecule has 160 valence electrons. The fraction of sp³-hybridized carbons (Fsp3) is 0. The molecular weight excluding hydrogens is 468 g/mol. The number of hydrazine groups is 1. The van der Waals surface area contributed by atoms with E-state index >= 15 is 0 Å². The largest absolute Gasteiger partial charge is 0.280 e. The molecule has 0 saturated carbocycles. The zero-order valence-electron chi connectivity index (χ0n) is 15.5. The maximum Gasteiger partial charge on any atom is 0.269 e. The van der Waals surface area contributed by atoms with Crippen molar-refractivity contribution in [3.05, 3.63) is 93.7 Å². The highest BCUT2D eigenvalue weighted by Gasteiger charge is 2.16. The Hall–Kier alpha value is -3.14. The van der Waals surface area contributed by atoms with Crippen molar-refractivity contribution < 1.29 is 22.4 Å². The van der Waals surface area contributed by atoms with E-state index in [4.69, 9.17) is 23.2 Å².